The predicted octanol–water partition coefficient (Wildman–Crippen LogP) is 7.06. The smallest absolute Gasteiger partial charge is 0.0260 e. The third kappa shape index (κ3) is 1.83. The Labute approximate surface area is 142 Å². The zero-order valence-corrected chi connectivity index (χ0v) is 14.0. The van der Waals surface area contributed by atoms with E-state index in [0.717, 1.165) is 4.47 Å². The number of benzene rings is 5. The molecule has 0 saturated carbocycles. The fourth-order valence-corrected chi connectivity index (χ4v) is 4.21. The second kappa shape index (κ2) is 4.81. The lowest BCUT2D eigenvalue weighted by molar-refractivity contribution is 1.75. The monoisotopic (exact) mass is 356 g/mol. The lowest BCUT2D eigenvalue weighted by Crippen LogP contribution is -1.83. The van der Waals surface area contributed by atoms with Crippen molar-refractivity contribution in [3.05, 3.63) is 83.3 Å². The summed E-state index contributed by atoms with van der Waals surface area (Å²) in [4.78, 5) is 0. The number of hydrogen-bond donors (Lipinski definition) is 0. The maximum absolute atomic E-state index is 3.75. The van der Waals surface area contributed by atoms with Crippen LogP contribution in [0.4, 0.5) is 0 Å². The van der Waals surface area contributed by atoms with E-state index in [1.54, 1.807) is 0 Å². The fourth-order valence-electron chi connectivity index (χ4n) is 3.63. The number of fused-ring (bicyclic) bond motifs is 7. The van der Waals surface area contributed by atoms with Crippen LogP contribution in [-0.4, -0.2) is 0 Å². The van der Waals surface area contributed by atoms with Crippen LogP contribution in [0.15, 0.2) is 83.3 Å². The van der Waals surface area contributed by atoms with Gasteiger partial charge < -0.3 is 0 Å². The van der Waals surface area contributed by atoms with Crippen molar-refractivity contribution < 1.29 is 0 Å². The molecule has 0 nitrogen and oxygen atoms in total. The first-order valence-electron chi connectivity index (χ1n) is 7.74. The molecule has 0 heterocycles. The van der Waals surface area contributed by atoms with Crippen LogP contribution in [0.25, 0.3) is 43.1 Å². The average molecular weight is 357 g/mol. The van der Waals surface area contributed by atoms with Gasteiger partial charge >= 0.3 is 0 Å². The molecule has 108 valence electrons. The van der Waals surface area contributed by atoms with Crippen LogP contribution in [0.3, 0.4) is 0 Å². The third-order valence-corrected chi connectivity index (χ3v) is 5.37. The molecule has 0 aliphatic rings. The highest BCUT2D eigenvalue weighted by molar-refractivity contribution is 9.10. The second-order valence-corrected chi connectivity index (χ2v) is 6.80. The Morgan fingerprint density at radius 1 is 0.435 bits per heavy atom. The van der Waals surface area contributed by atoms with Crippen molar-refractivity contribution in [2.75, 3.05) is 0 Å². The number of hydrogen-bond acceptors (Lipinski definition) is 0. The molecule has 5 rings (SSSR count). The molecule has 1 heteroatoms. The molecule has 0 aromatic heterocycles. The Morgan fingerprint density at radius 2 is 0.957 bits per heavy atom. The molecule has 23 heavy (non-hydrogen) atoms. The first-order valence-corrected chi connectivity index (χ1v) is 8.54. The van der Waals surface area contributed by atoms with Crippen molar-refractivity contribution in [3.63, 3.8) is 0 Å². The van der Waals surface area contributed by atoms with E-state index in [-0.39, 0.29) is 0 Å². The van der Waals surface area contributed by atoms with E-state index < -0.39 is 0 Å². The topological polar surface area (TPSA) is 0 Å². The first-order chi connectivity index (χ1) is 11.3. The van der Waals surface area contributed by atoms with E-state index in [4.69, 9.17) is 0 Å². The van der Waals surface area contributed by atoms with Gasteiger partial charge in [-0.2, -0.15) is 0 Å². The third-order valence-electron chi connectivity index (χ3n) is 4.71. The largest absolute Gasteiger partial charge is 0.0616 e. The Kier molecular flexibility index (Phi) is 2.74. The molecular formula is C22H13Br. The molecule has 0 N–H and O–H groups in total. The average Bonchev–Trinajstić information content (AvgIpc) is 2.61. The molecule has 0 amide bonds. The predicted molar refractivity (Wildman–Crippen MR) is 104 cm³/mol. The highest BCUT2D eigenvalue weighted by atomic mass is 79.9. The molecule has 5 aromatic carbocycles. The van der Waals surface area contributed by atoms with Crippen molar-refractivity contribution in [1.29, 1.82) is 0 Å². The van der Waals surface area contributed by atoms with Gasteiger partial charge in [-0.1, -0.05) is 88.7 Å². The van der Waals surface area contributed by atoms with E-state index in [9.17, 15) is 0 Å². The molecular weight excluding hydrogens is 344 g/mol. The fraction of sp³-hybridized carbons (Fsp3) is 0. The molecule has 0 unspecified atom stereocenters. The van der Waals surface area contributed by atoms with Gasteiger partial charge in [-0.25, -0.2) is 0 Å². The molecule has 0 fully saturated rings. The lowest BCUT2D eigenvalue weighted by atomic mass is 9.94. The summed E-state index contributed by atoms with van der Waals surface area (Å²) in [5.74, 6) is 0. The summed E-state index contributed by atoms with van der Waals surface area (Å²) in [6.07, 6.45) is 0. The van der Waals surface area contributed by atoms with E-state index >= 15 is 0 Å². The normalized spacial score (nSPS) is 11.7. The Balaban J connectivity index is 2.06. The summed E-state index contributed by atoms with van der Waals surface area (Å²) in [6.45, 7) is 0. The van der Waals surface area contributed by atoms with Gasteiger partial charge in [-0.3, -0.25) is 0 Å². The maximum Gasteiger partial charge on any atom is 0.0260 e. The molecule has 0 aliphatic carbocycles. The van der Waals surface area contributed by atoms with Crippen LogP contribution < -0.4 is 0 Å². The zero-order valence-electron chi connectivity index (χ0n) is 12.4. The van der Waals surface area contributed by atoms with Crippen LogP contribution in [0.1, 0.15) is 0 Å². The highest BCUT2D eigenvalue weighted by Gasteiger charge is 2.09. The van der Waals surface area contributed by atoms with Gasteiger partial charge in [0, 0.05) is 4.47 Å². The highest BCUT2D eigenvalue weighted by Crippen LogP contribution is 2.37. The van der Waals surface area contributed by atoms with Gasteiger partial charge in [-0.05, 0) is 49.2 Å². The van der Waals surface area contributed by atoms with Crippen LogP contribution in [-0.2, 0) is 0 Å². The minimum atomic E-state index is 1.15. The van der Waals surface area contributed by atoms with Crippen molar-refractivity contribution in [2.24, 2.45) is 0 Å². The lowest BCUT2D eigenvalue weighted by Gasteiger charge is -2.11. The number of halogens is 1. The summed E-state index contributed by atoms with van der Waals surface area (Å²) < 4.78 is 1.15. The molecule has 5 aromatic rings. The van der Waals surface area contributed by atoms with E-state index in [0.29, 0.717) is 0 Å². The second-order valence-electron chi connectivity index (χ2n) is 5.95. The standard InChI is InChI=1S/C22H13Br/c23-22-13-21-18-10-9-14-5-1-2-6-15(14)17(18)11-12-19(21)16-7-3-4-8-20(16)22/h1-13H. The van der Waals surface area contributed by atoms with Gasteiger partial charge in [0.25, 0.3) is 0 Å². The van der Waals surface area contributed by atoms with Gasteiger partial charge in [0.1, 0.15) is 0 Å². The summed E-state index contributed by atoms with van der Waals surface area (Å²) in [7, 11) is 0. The van der Waals surface area contributed by atoms with Crippen molar-refractivity contribution in [3.8, 4) is 0 Å². The van der Waals surface area contributed by atoms with E-state index in [1.165, 1.54) is 43.1 Å². The van der Waals surface area contributed by atoms with Gasteiger partial charge in [-0.15, -0.1) is 0 Å². The SMILES string of the molecule is Brc1cc2c(ccc3c4ccccc4ccc32)c2ccccc12. The first kappa shape index (κ1) is 13.1. The molecule has 0 spiro atoms. The summed E-state index contributed by atoms with van der Waals surface area (Å²) >= 11 is 3.75. The summed E-state index contributed by atoms with van der Waals surface area (Å²) in [5.41, 5.74) is 0. The van der Waals surface area contributed by atoms with Crippen LogP contribution in [0.2, 0.25) is 0 Å². The van der Waals surface area contributed by atoms with Gasteiger partial charge in [0.15, 0.2) is 0 Å². The van der Waals surface area contributed by atoms with Crippen molar-refractivity contribution in [1.82, 2.24) is 0 Å². The van der Waals surface area contributed by atoms with Crippen LogP contribution >= 0.6 is 15.9 Å². The van der Waals surface area contributed by atoms with E-state index in [2.05, 4.69) is 94.8 Å². The molecule has 0 bridgehead atoms. The molecule has 0 radical (unpaired) electrons. The molecule has 0 saturated heterocycles. The van der Waals surface area contributed by atoms with E-state index in [1.807, 2.05) is 0 Å². The summed E-state index contributed by atoms with van der Waals surface area (Å²) in [6, 6.07) is 28.4. The van der Waals surface area contributed by atoms with Crippen molar-refractivity contribution >= 4 is 59.0 Å². The van der Waals surface area contributed by atoms with Gasteiger partial charge in [0.2, 0.25) is 0 Å². The molecule has 0 atom stereocenters. The Bertz CT molecular complexity index is 1220. The minimum absolute atomic E-state index is 1.15. The Morgan fingerprint density at radius 3 is 1.74 bits per heavy atom. The minimum Gasteiger partial charge on any atom is -0.0616 e. The summed E-state index contributed by atoms with van der Waals surface area (Å²) in [5, 5.41) is 10.4. The quantitative estimate of drug-likeness (QED) is 0.260. The van der Waals surface area contributed by atoms with Gasteiger partial charge in [0.05, 0.1) is 0 Å². The zero-order chi connectivity index (χ0) is 15.4. The molecule has 0 aliphatic heterocycles. The van der Waals surface area contributed by atoms with Crippen LogP contribution in [0.5, 0.6) is 0 Å². The maximum atomic E-state index is 3.75. The Hall–Kier alpha value is -2.38. The number of rotatable bonds is 0. The van der Waals surface area contributed by atoms with Crippen LogP contribution in [0, 0.1) is 0 Å². The van der Waals surface area contributed by atoms with Crippen molar-refractivity contribution in [2.45, 2.75) is 0 Å².